The van der Waals surface area contributed by atoms with E-state index in [-0.39, 0.29) is 6.61 Å². The molecule has 0 saturated heterocycles. The summed E-state index contributed by atoms with van der Waals surface area (Å²) < 4.78 is 6.90. The van der Waals surface area contributed by atoms with Crippen LogP contribution in [0.5, 0.6) is 0 Å². The largest absolute Gasteiger partial charge is 0.388 e. The minimum absolute atomic E-state index is 0.0505. The van der Waals surface area contributed by atoms with Crippen molar-refractivity contribution in [3.63, 3.8) is 0 Å². The fraction of sp³-hybridized carbons (Fsp3) is 0.778. The minimum Gasteiger partial charge on any atom is -0.388 e. The van der Waals surface area contributed by atoms with E-state index < -0.39 is 0 Å². The summed E-state index contributed by atoms with van der Waals surface area (Å²) in [5, 5.41) is 16.9. The maximum absolute atomic E-state index is 8.99. The van der Waals surface area contributed by atoms with Gasteiger partial charge in [0.25, 0.3) is 0 Å². The molecule has 5 heteroatoms. The first kappa shape index (κ1) is 11.1. The van der Waals surface area contributed by atoms with Crippen LogP contribution in [0.2, 0.25) is 0 Å². The Balaban J connectivity index is 2.61. The van der Waals surface area contributed by atoms with Crippen LogP contribution in [0.15, 0.2) is 0 Å². The molecule has 1 aromatic rings. The van der Waals surface area contributed by atoms with Crippen LogP contribution in [0, 0.1) is 0 Å². The second-order valence-electron chi connectivity index (χ2n) is 3.03. The average Bonchev–Trinajstić information content (AvgIpc) is 2.60. The van der Waals surface area contributed by atoms with Gasteiger partial charge in [0.1, 0.15) is 12.4 Å². The molecule has 14 heavy (non-hydrogen) atoms. The standard InChI is InChI=1S/C9H17N3O2/c1-3-12-8(5-4-6-14-2)10-11-9(12)7-13/h13H,3-7H2,1-2H3. The summed E-state index contributed by atoms with van der Waals surface area (Å²) in [5.41, 5.74) is 0. The first-order valence-electron chi connectivity index (χ1n) is 4.84. The number of rotatable bonds is 6. The van der Waals surface area contributed by atoms with Gasteiger partial charge in [-0.3, -0.25) is 0 Å². The number of aryl methyl sites for hydroxylation is 1. The van der Waals surface area contributed by atoms with Gasteiger partial charge in [0.15, 0.2) is 5.82 Å². The van der Waals surface area contributed by atoms with Gasteiger partial charge in [0, 0.05) is 26.7 Å². The molecule has 0 aliphatic rings. The highest BCUT2D eigenvalue weighted by Crippen LogP contribution is 2.04. The fourth-order valence-electron chi connectivity index (χ4n) is 1.41. The molecule has 1 N–H and O–H groups in total. The number of aliphatic hydroxyl groups is 1. The minimum atomic E-state index is -0.0505. The van der Waals surface area contributed by atoms with Crippen molar-refractivity contribution >= 4 is 0 Å². The predicted octanol–water partition coefficient (Wildman–Crippen LogP) is 0.369. The maximum atomic E-state index is 8.99. The van der Waals surface area contributed by atoms with Gasteiger partial charge in [-0.25, -0.2) is 0 Å². The van der Waals surface area contributed by atoms with Crippen LogP contribution in [0.1, 0.15) is 25.0 Å². The van der Waals surface area contributed by atoms with Crippen molar-refractivity contribution in [2.24, 2.45) is 0 Å². The van der Waals surface area contributed by atoms with E-state index >= 15 is 0 Å². The topological polar surface area (TPSA) is 60.2 Å². The Morgan fingerprint density at radius 1 is 1.36 bits per heavy atom. The number of methoxy groups -OCH3 is 1. The van der Waals surface area contributed by atoms with Crippen molar-refractivity contribution in [1.82, 2.24) is 14.8 Å². The Morgan fingerprint density at radius 2 is 2.07 bits per heavy atom. The summed E-state index contributed by atoms with van der Waals surface area (Å²) in [4.78, 5) is 0. The van der Waals surface area contributed by atoms with Crippen molar-refractivity contribution in [2.75, 3.05) is 13.7 Å². The smallest absolute Gasteiger partial charge is 0.158 e. The number of hydrogen-bond acceptors (Lipinski definition) is 4. The van der Waals surface area contributed by atoms with Gasteiger partial charge in [-0.1, -0.05) is 0 Å². The molecule has 0 spiro atoms. The lowest BCUT2D eigenvalue weighted by Crippen LogP contribution is -2.07. The van der Waals surface area contributed by atoms with Crippen LogP contribution in [-0.2, 0) is 24.3 Å². The van der Waals surface area contributed by atoms with E-state index in [0.717, 1.165) is 31.8 Å². The number of aliphatic hydroxyl groups excluding tert-OH is 1. The van der Waals surface area contributed by atoms with Crippen molar-refractivity contribution in [2.45, 2.75) is 32.9 Å². The first-order valence-corrected chi connectivity index (χ1v) is 4.84. The van der Waals surface area contributed by atoms with Gasteiger partial charge in [0.2, 0.25) is 0 Å². The summed E-state index contributed by atoms with van der Waals surface area (Å²) in [6.07, 6.45) is 1.77. The van der Waals surface area contributed by atoms with Crippen LogP contribution >= 0.6 is 0 Å². The van der Waals surface area contributed by atoms with Gasteiger partial charge >= 0.3 is 0 Å². The van der Waals surface area contributed by atoms with Gasteiger partial charge in [-0.05, 0) is 13.3 Å². The zero-order valence-electron chi connectivity index (χ0n) is 8.73. The Bertz CT molecular complexity index is 273. The van der Waals surface area contributed by atoms with E-state index in [0.29, 0.717) is 5.82 Å². The maximum Gasteiger partial charge on any atom is 0.158 e. The van der Waals surface area contributed by atoms with E-state index in [9.17, 15) is 0 Å². The average molecular weight is 199 g/mol. The molecular formula is C9H17N3O2. The van der Waals surface area contributed by atoms with Gasteiger partial charge < -0.3 is 14.4 Å². The highest BCUT2D eigenvalue weighted by atomic mass is 16.5. The molecular weight excluding hydrogens is 182 g/mol. The van der Waals surface area contributed by atoms with Crippen molar-refractivity contribution in [3.8, 4) is 0 Å². The highest BCUT2D eigenvalue weighted by Gasteiger charge is 2.08. The number of hydrogen-bond donors (Lipinski definition) is 1. The number of ether oxygens (including phenoxy) is 1. The zero-order chi connectivity index (χ0) is 10.4. The van der Waals surface area contributed by atoms with E-state index in [4.69, 9.17) is 9.84 Å². The Kier molecular flexibility index (Phi) is 4.55. The molecule has 0 atom stereocenters. The molecule has 80 valence electrons. The van der Waals surface area contributed by atoms with Gasteiger partial charge in [-0.15, -0.1) is 10.2 Å². The van der Waals surface area contributed by atoms with Gasteiger partial charge in [0.05, 0.1) is 0 Å². The predicted molar refractivity (Wildman–Crippen MR) is 51.8 cm³/mol. The molecule has 0 amide bonds. The van der Waals surface area contributed by atoms with Gasteiger partial charge in [-0.2, -0.15) is 0 Å². The number of aromatic nitrogens is 3. The Hall–Kier alpha value is -0.940. The van der Waals surface area contributed by atoms with Crippen LogP contribution in [-0.4, -0.2) is 33.6 Å². The summed E-state index contributed by atoms with van der Waals surface area (Å²) in [6.45, 7) is 3.49. The quantitative estimate of drug-likeness (QED) is 0.672. The molecule has 0 aliphatic heterocycles. The van der Waals surface area contributed by atoms with Crippen molar-refractivity contribution < 1.29 is 9.84 Å². The lowest BCUT2D eigenvalue weighted by atomic mass is 10.3. The third-order valence-electron chi connectivity index (χ3n) is 2.11. The van der Waals surface area contributed by atoms with E-state index in [1.165, 1.54) is 0 Å². The molecule has 1 aromatic heterocycles. The normalized spacial score (nSPS) is 10.8. The SMILES string of the molecule is CCn1c(CO)nnc1CCCOC. The Labute approximate surface area is 83.7 Å². The lowest BCUT2D eigenvalue weighted by molar-refractivity contribution is 0.194. The molecule has 0 fully saturated rings. The monoisotopic (exact) mass is 199 g/mol. The molecule has 0 unspecified atom stereocenters. The van der Waals surface area contributed by atoms with Crippen LogP contribution in [0.4, 0.5) is 0 Å². The first-order chi connectivity index (χ1) is 6.83. The molecule has 0 bridgehead atoms. The van der Waals surface area contributed by atoms with Crippen LogP contribution < -0.4 is 0 Å². The molecule has 0 saturated carbocycles. The van der Waals surface area contributed by atoms with E-state index in [1.54, 1.807) is 7.11 Å². The molecule has 0 aromatic carbocycles. The Morgan fingerprint density at radius 3 is 2.64 bits per heavy atom. The molecule has 1 rings (SSSR count). The summed E-state index contributed by atoms with van der Waals surface area (Å²) in [5.74, 6) is 1.56. The molecule has 5 nitrogen and oxygen atoms in total. The fourth-order valence-corrected chi connectivity index (χ4v) is 1.41. The van der Waals surface area contributed by atoms with E-state index in [2.05, 4.69) is 10.2 Å². The van der Waals surface area contributed by atoms with Crippen molar-refractivity contribution in [1.29, 1.82) is 0 Å². The summed E-state index contributed by atoms with van der Waals surface area (Å²) >= 11 is 0. The second-order valence-corrected chi connectivity index (χ2v) is 3.03. The third kappa shape index (κ3) is 2.52. The van der Waals surface area contributed by atoms with Crippen LogP contribution in [0.3, 0.4) is 0 Å². The molecule has 0 aliphatic carbocycles. The lowest BCUT2D eigenvalue weighted by Gasteiger charge is -2.05. The molecule has 1 heterocycles. The third-order valence-corrected chi connectivity index (χ3v) is 2.11. The van der Waals surface area contributed by atoms with E-state index in [1.807, 2.05) is 11.5 Å². The molecule has 0 radical (unpaired) electrons. The van der Waals surface area contributed by atoms with Crippen LogP contribution in [0.25, 0.3) is 0 Å². The highest BCUT2D eigenvalue weighted by molar-refractivity contribution is 4.94. The summed E-state index contributed by atoms with van der Waals surface area (Å²) in [6, 6.07) is 0. The second kappa shape index (κ2) is 5.72. The summed E-state index contributed by atoms with van der Waals surface area (Å²) in [7, 11) is 1.68. The number of nitrogens with zero attached hydrogens (tertiary/aromatic N) is 3. The zero-order valence-corrected chi connectivity index (χ0v) is 8.73. The van der Waals surface area contributed by atoms with Crippen molar-refractivity contribution in [3.05, 3.63) is 11.6 Å².